The van der Waals surface area contributed by atoms with Crippen molar-refractivity contribution in [2.75, 3.05) is 32.8 Å². The Balaban J connectivity index is 1.81. The summed E-state index contributed by atoms with van der Waals surface area (Å²) in [6.45, 7) is 11.1. The van der Waals surface area contributed by atoms with Gasteiger partial charge in [0, 0.05) is 31.8 Å². The standard InChI is InChI=1S/C18H35N3O2/c1-4-14-6-5-9-21(12-14)18(2,3)13-20-17(22)16(19)15-7-10-23-11-8-15/h14-16H,4-13,19H2,1-3H3,(H,20,22). The summed E-state index contributed by atoms with van der Waals surface area (Å²) in [6, 6.07) is -0.403. The van der Waals surface area contributed by atoms with Crippen molar-refractivity contribution in [1.29, 1.82) is 0 Å². The second kappa shape index (κ2) is 8.45. The summed E-state index contributed by atoms with van der Waals surface area (Å²) >= 11 is 0. The molecule has 2 heterocycles. The Morgan fingerprint density at radius 1 is 1.35 bits per heavy atom. The van der Waals surface area contributed by atoms with E-state index in [1.165, 1.54) is 19.3 Å². The third-order valence-electron chi connectivity index (χ3n) is 5.72. The van der Waals surface area contributed by atoms with E-state index in [4.69, 9.17) is 10.5 Å². The average Bonchev–Trinajstić information content (AvgIpc) is 2.60. The molecule has 2 saturated heterocycles. The third kappa shape index (κ3) is 5.16. The van der Waals surface area contributed by atoms with Crippen molar-refractivity contribution < 1.29 is 9.53 Å². The van der Waals surface area contributed by atoms with Gasteiger partial charge in [0.2, 0.25) is 5.91 Å². The molecule has 1 amide bonds. The summed E-state index contributed by atoms with van der Waals surface area (Å²) in [5.74, 6) is 1.04. The Labute approximate surface area is 141 Å². The number of ether oxygens (including phenoxy) is 1. The minimum Gasteiger partial charge on any atom is -0.381 e. The first-order valence-corrected chi connectivity index (χ1v) is 9.30. The zero-order chi connectivity index (χ0) is 16.9. The van der Waals surface area contributed by atoms with Crippen LogP contribution in [0.25, 0.3) is 0 Å². The number of rotatable bonds is 6. The van der Waals surface area contributed by atoms with E-state index in [-0.39, 0.29) is 17.4 Å². The fourth-order valence-corrected chi connectivity index (χ4v) is 3.77. The van der Waals surface area contributed by atoms with E-state index in [1.54, 1.807) is 0 Å². The smallest absolute Gasteiger partial charge is 0.237 e. The maximum absolute atomic E-state index is 12.4. The molecule has 2 atom stereocenters. The first-order valence-electron chi connectivity index (χ1n) is 9.30. The zero-order valence-electron chi connectivity index (χ0n) is 15.1. The van der Waals surface area contributed by atoms with Gasteiger partial charge in [0.05, 0.1) is 6.04 Å². The fourth-order valence-electron chi connectivity index (χ4n) is 3.77. The molecule has 0 saturated carbocycles. The second-order valence-corrected chi connectivity index (χ2v) is 7.87. The van der Waals surface area contributed by atoms with Crippen molar-refractivity contribution in [2.45, 2.75) is 64.5 Å². The summed E-state index contributed by atoms with van der Waals surface area (Å²) < 4.78 is 5.35. The largest absolute Gasteiger partial charge is 0.381 e. The molecule has 0 aliphatic carbocycles. The molecule has 3 N–H and O–H groups in total. The van der Waals surface area contributed by atoms with Crippen molar-refractivity contribution in [2.24, 2.45) is 17.6 Å². The van der Waals surface area contributed by atoms with Gasteiger partial charge in [-0.2, -0.15) is 0 Å². The lowest BCUT2D eigenvalue weighted by Gasteiger charge is -2.44. The van der Waals surface area contributed by atoms with E-state index in [0.29, 0.717) is 6.54 Å². The molecule has 5 nitrogen and oxygen atoms in total. The van der Waals surface area contributed by atoms with Crippen LogP contribution in [0.1, 0.15) is 52.9 Å². The Morgan fingerprint density at radius 2 is 2.04 bits per heavy atom. The van der Waals surface area contributed by atoms with Gasteiger partial charge in [-0.25, -0.2) is 0 Å². The second-order valence-electron chi connectivity index (χ2n) is 7.87. The zero-order valence-corrected chi connectivity index (χ0v) is 15.1. The first kappa shape index (κ1) is 18.7. The van der Waals surface area contributed by atoms with Crippen LogP contribution >= 0.6 is 0 Å². The molecule has 0 radical (unpaired) electrons. The molecule has 5 heteroatoms. The number of nitrogens with two attached hydrogens (primary N) is 1. The maximum Gasteiger partial charge on any atom is 0.237 e. The summed E-state index contributed by atoms with van der Waals surface area (Å²) in [7, 11) is 0. The number of carbonyl (C=O) groups excluding carboxylic acids is 1. The number of amides is 1. The number of carbonyl (C=O) groups is 1. The molecule has 2 aliphatic heterocycles. The van der Waals surface area contributed by atoms with Gasteiger partial charge in [0.25, 0.3) is 0 Å². The van der Waals surface area contributed by atoms with Crippen molar-refractivity contribution in [3.63, 3.8) is 0 Å². The van der Waals surface area contributed by atoms with Gasteiger partial charge < -0.3 is 15.8 Å². The van der Waals surface area contributed by atoms with Gasteiger partial charge in [-0.3, -0.25) is 9.69 Å². The molecular formula is C18H35N3O2. The summed E-state index contributed by atoms with van der Waals surface area (Å²) in [6.07, 6.45) is 5.62. The van der Waals surface area contributed by atoms with Gasteiger partial charge in [0.1, 0.15) is 0 Å². The van der Waals surface area contributed by atoms with Gasteiger partial charge in [0.15, 0.2) is 0 Å². The number of hydrogen-bond acceptors (Lipinski definition) is 4. The van der Waals surface area contributed by atoms with Crippen molar-refractivity contribution >= 4 is 5.91 Å². The lowest BCUT2D eigenvalue weighted by Crippen LogP contribution is -2.57. The molecule has 2 unspecified atom stereocenters. The van der Waals surface area contributed by atoms with E-state index in [9.17, 15) is 4.79 Å². The van der Waals surface area contributed by atoms with Crippen LogP contribution in [0.15, 0.2) is 0 Å². The molecule has 2 aliphatic rings. The number of nitrogens with zero attached hydrogens (tertiary/aromatic N) is 1. The van der Waals surface area contributed by atoms with Gasteiger partial charge in [-0.05, 0) is 57.9 Å². The minimum atomic E-state index is -0.403. The van der Waals surface area contributed by atoms with Gasteiger partial charge in [-0.1, -0.05) is 13.3 Å². The van der Waals surface area contributed by atoms with E-state index in [0.717, 1.165) is 45.1 Å². The summed E-state index contributed by atoms with van der Waals surface area (Å²) in [5, 5.41) is 3.10. The molecule has 134 valence electrons. The van der Waals surface area contributed by atoms with Crippen LogP contribution < -0.4 is 11.1 Å². The number of hydrogen-bond donors (Lipinski definition) is 2. The fraction of sp³-hybridized carbons (Fsp3) is 0.944. The van der Waals surface area contributed by atoms with Crippen LogP contribution in [0.2, 0.25) is 0 Å². The summed E-state index contributed by atoms with van der Waals surface area (Å²) in [5.41, 5.74) is 6.15. The highest BCUT2D eigenvalue weighted by molar-refractivity contribution is 5.81. The molecule has 2 fully saturated rings. The lowest BCUT2D eigenvalue weighted by atomic mass is 9.90. The van der Waals surface area contributed by atoms with Crippen LogP contribution in [0.3, 0.4) is 0 Å². The van der Waals surface area contributed by atoms with Crippen LogP contribution in [-0.2, 0) is 9.53 Å². The van der Waals surface area contributed by atoms with E-state index < -0.39 is 6.04 Å². The summed E-state index contributed by atoms with van der Waals surface area (Å²) in [4.78, 5) is 14.9. The van der Waals surface area contributed by atoms with Crippen LogP contribution in [0.4, 0.5) is 0 Å². The molecule has 2 rings (SSSR count). The van der Waals surface area contributed by atoms with Crippen molar-refractivity contribution in [3.8, 4) is 0 Å². The normalized spacial score (nSPS) is 26.0. The Bertz CT molecular complexity index is 380. The highest BCUT2D eigenvalue weighted by Gasteiger charge is 2.32. The minimum absolute atomic E-state index is 0.00553. The molecule has 0 spiro atoms. The molecular weight excluding hydrogens is 290 g/mol. The molecule has 0 aromatic carbocycles. The predicted octanol–water partition coefficient (Wildman–Crippen LogP) is 1.76. The topological polar surface area (TPSA) is 67.6 Å². The third-order valence-corrected chi connectivity index (χ3v) is 5.72. The van der Waals surface area contributed by atoms with Gasteiger partial charge in [-0.15, -0.1) is 0 Å². The van der Waals surface area contributed by atoms with Crippen molar-refractivity contribution in [3.05, 3.63) is 0 Å². The SMILES string of the molecule is CCC1CCCN(C(C)(C)CNC(=O)C(N)C2CCOCC2)C1. The lowest BCUT2D eigenvalue weighted by molar-refractivity contribution is -0.125. The van der Waals surface area contributed by atoms with E-state index in [1.807, 2.05) is 0 Å². The van der Waals surface area contributed by atoms with E-state index >= 15 is 0 Å². The Kier molecular flexibility index (Phi) is 6.86. The van der Waals surface area contributed by atoms with E-state index in [2.05, 4.69) is 31.0 Å². The molecule has 0 aromatic heterocycles. The average molecular weight is 325 g/mol. The quantitative estimate of drug-likeness (QED) is 0.781. The van der Waals surface area contributed by atoms with Crippen LogP contribution in [0, 0.1) is 11.8 Å². The van der Waals surface area contributed by atoms with Crippen LogP contribution in [-0.4, -0.2) is 55.2 Å². The monoisotopic (exact) mass is 325 g/mol. The maximum atomic E-state index is 12.4. The number of piperidine rings is 1. The van der Waals surface area contributed by atoms with Gasteiger partial charge >= 0.3 is 0 Å². The Morgan fingerprint density at radius 3 is 2.70 bits per heavy atom. The van der Waals surface area contributed by atoms with Crippen LogP contribution in [0.5, 0.6) is 0 Å². The Hall–Kier alpha value is -0.650. The predicted molar refractivity (Wildman–Crippen MR) is 93.2 cm³/mol. The number of nitrogens with one attached hydrogen (secondary N) is 1. The highest BCUT2D eigenvalue weighted by atomic mass is 16.5. The molecule has 0 aromatic rings. The highest BCUT2D eigenvalue weighted by Crippen LogP contribution is 2.25. The molecule has 23 heavy (non-hydrogen) atoms. The van der Waals surface area contributed by atoms with Crippen molar-refractivity contribution in [1.82, 2.24) is 10.2 Å². The first-order chi connectivity index (χ1) is 10.9. The molecule has 0 bridgehead atoms. The number of likely N-dealkylation sites (tertiary alicyclic amines) is 1.